The monoisotopic (exact) mass is 409 g/mol. The zero-order valence-electron chi connectivity index (χ0n) is 15.1. The van der Waals surface area contributed by atoms with E-state index in [-0.39, 0.29) is 5.91 Å². The summed E-state index contributed by atoms with van der Waals surface area (Å²) in [5.41, 5.74) is 2.40. The van der Waals surface area contributed by atoms with Gasteiger partial charge in [-0.25, -0.2) is 0 Å². The van der Waals surface area contributed by atoms with E-state index in [1.807, 2.05) is 24.3 Å². The first kappa shape index (κ1) is 21.1. The van der Waals surface area contributed by atoms with Crippen molar-refractivity contribution in [3.63, 3.8) is 0 Å². The fourth-order valence-electron chi connectivity index (χ4n) is 2.53. The van der Waals surface area contributed by atoms with Gasteiger partial charge in [-0.1, -0.05) is 35.9 Å². The molecule has 0 aliphatic carbocycles. The molecule has 1 unspecified atom stereocenters. The molecule has 0 heterocycles. The Bertz CT molecular complexity index is 793. The number of carbonyl (C=O) groups is 2. The van der Waals surface area contributed by atoms with Crippen molar-refractivity contribution in [3.8, 4) is 5.75 Å². The molecule has 27 heavy (non-hydrogen) atoms. The Morgan fingerprint density at radius 3 is 2.37 bits per heavy atom. The predicted molar refractivity (Wildman–Crippen MR) is 106 cm³/mol. The number of benzene rings is 2. The molecule has 0 aliphatic heterocycles. The Morgan fingerprint density at radius 1 is 1.07 bits per heavy atom. The summed E-state index contributed by atoms with van der Waals surface area (Å²) in [6.45, 7) is 0.466. The van der Waals surface area contributed by atoms with Gasteiger partial charge in [-0.3, -0.25) is 9.59 Å². The molecular weight excluding hydrogens is 389 g/mol. The lowest BCUT2D eigenvalue weighted by Gasteiger charge is -2.10. The number of nitrogens with one attached hydrogen (secondary N) is 1. The van der Waals surface area contributed by atoms with E-state index in [1.165, 1.54) is 14.2 Å². The summed E-state index contributed by atoms with van der Waals surface area (Å²) in [6, 6.07) is 12.6. The van der Waals surface area contributed by atoms with Crippen LogP contribution in [0, 0.1) is 0 Å². The van der Waals surface area contributed by atoms with Gasteiger partial charge in [0.2, 0.25) is 0 Å². The van der Waals surface area contributed by atoms with E-state index in [4.69, 9.17) is 27.9 Å². The van der Waals surface area contributed by atoms with E-state index < -0.39 is 11.3 Å². The number of ether oxygens (including phenoxy) is 2. The Labute approximate surface area is 168 Å². The number of rotatable bonds is 8. The van der Waals surface area contributed by atoms with Crippen molar-refractivity contribution in [3.05, 3.63) is 64.2 Å². The van der Waals surface area contributed by atoms with Crippen LogP contribution < -0.4 is 10.1 Å². The zero-order valence-corrected chi connectivity index (χ0v) is 16.6. The van der Waals surface area contributed by atoms with Crippen molar-refractivity contribution in [2.45, 2.75) is 18.2 Å². The normalized spacial score (nSPS) is 11.6. The molecule has 0 saturated heterocycles. The molecule has 0 spiro atoms. The third-order valence-corrected chi connectivity index (χ3v) is 4.57. The molecule has 2 aromatic carbocycles. The number of hydrogen-bond acceptors (Lipinski definition) is 4. The van der Waals surface area contributed by atoms with Crippen LogP contribution in [-0.4, -0.2) is 38.0 Å². The minimum atomic E-state index is -0.701. The molecule has 7 heteroatoms. The average Bonchev–Trinajstić information content (AvgIpc) is 2.68. The van der Waals surface area contributed by atoms with E-state index in [1.54, 1.807) is 18.2 Å². The van der Waals surface area contributed by atoms with Crippen LogP contribution >= 0.6 is 23.2 Å². The summed E-state index contributed by atoms with van der Waals surface area (Å²) >= 11 is 11.9. The van der Waals surface area contributed by atoms with Gasteiger partial charge in [0.05, 0.1) is 19.8 Å². The summed E-state index contributed by atoms with van der Waals surface area (Å²) < 4.78 is 9.81. The number of alkyl halides is 1. The summed E-state index contributed by atoms with van der Waals surface area (Å²) in [7, 11) is 2.82. The van der Waals surface area contributed by atoms with Gasteiger partial charge >= 0.3 is 5.97 Å². The number of amides is 1. The lowest BCUT2D eigenvalue weighted by Crippen LogP contribution is -2.26. The van der Waals surface area contributed by atoms with Crippen molar-refractivity contribution in [1.29, 1.82) is 0 Å². The summed E-state index contributed by atoms with van der Waals surface area (Å²) in [6.07, 6.45) is 1.07. The lowest BCUT2D eigenvalue weighted by atomic mass is 10.1. The van der Waals surface area contributed by atoms with Crippen molar-refractivity contribution in [2.24, 2.45) is 0 Å². The van der Waals surface area contributed by atoms with E-state index >= 15 is 0 Å². The number of hydrogen-bond donors (Lipinski definition) is 1. The first-order valence-electron chi connectivity index (χ1n) is 8.36. The molecule has 0 aliphatic rings. The minimum absolute atomic E-state index is 0.242. The van der Waals surface area contributed by atoms with E-state index in [0.29, 0.717) is 35.7 Å². The fourth-order valence-corrected chi connectivity index (χ4v) is 2.97. The summed E-state index contributed by atoms with van der Waals surface area (Å²) in [5, 5.41) is 2.63. The van der Waals surface area contributed by atoms with Gasteiger partial charge in [0.1, 0.15) is 11.1 Å². The second-order valence-corrected chi connectivity index (χ2v) is 6.83. The van der Waals surface area contributed by atoms with Crippen LogP contribution in [-0.2, 0) is 22.4 Å². The number of carbonyl (C=O) groups excluding carboxylic acids is 2. The molecule has 2 rings (SSSR count). The third-order valence-electron chi connectivity index (χ3n) is 4.00. The molecule has 0 bridgehead atoms. The Balaban J connectivity index is 1.87. The van der Waals surface area contributed by atoms with Crippen LogP contribution in [0.2, 0.25) is 5.02 Å². The van der Waals surface area contributed by atoms with Crippen LogP contribution in [0.25, 0.3) is 0 Å². The summed E-state index contributed by atoms with van der Waals surface area (Å²) in [5.74, 6) is -0.212. The highest BCUT2D eigenvalue weighted by atomic mass is 35.5. The SMILES string of the molecule is COC(=O)C(Cl)Cc1ccc(CCNC(=O)c2cc(Cl)ccc2OC)cc1. The van der Waals surface area contributed by atoms with Gasteiger partial charge in [0.25, 0.3) is 5.91 Å². The lowest BCUT2D eigenvalue weighted by molar-refractivity contribution is -0.140. The second kappa shape index (κ2) is 10.2. The maximum atomic E-state index is 12.3. The fraction of sp³-hybridized carbons (Fsp3) is 0.300. The highest BCUT2D eigenvalue weighted by Gasteiger charge is 2.16. The Kier molecular flexibility index (Phi) is 7.95. The number of esters is 1. The predicted octanol–water partition coefficient (Wildman–Crippen LogP) is 3.64. The van der Waals surface area contributed by atoms with Gasteiger partial charge in [-0.2, -0.15) is 0 Å². The quantitative estimate of drug-likeness (QED) is 0.533. The van der Waals surface area contributed by atoms with Crippen molar-refractivity contribution < 1.29 is 19.1 Å². The van der Waals surface area contributed by atoms with Crippen LogP contribution in [0.4, 0.5) is 0 Å². The molecule has 0 saturated carbocycles. The second-order valence-electron chi connectivity index (χ2n) is 5.86. The van der Waals surface area contributed by atoms with Crippen LogP contribution in [0.5, 0.6) is 5.75 Å². The topological polar surface area (TPSA) is 64.6 Å². The maximum absolute atomic E-state index is 12.3. The number of halogens is 2. The van der Waals surface area contributed by atoms with Gasteiger partial charge in [-0.15, -0.1) is 11.6 Å². The largest absolute Gasteiger partial charge is 0.496 e. The van der Waals surface area contributed by atoms with Crippen LogP contribution in [0.1, 0.15) is 21.5 Å². The molecular formula is C20H21Cl2NO4. The Hall–Kier alpha value is -2.24. The Morgan fingerprint density at radius 2 is 1.74 bits per heavy atom. The van der Waals surface area contributed by atoms with E-state index in [2.05, 4.69) is 10.1 Å². The zero-order chi connectivity index (χ0) is 19.8. The highest BCUT2D eigenvalue weighted by molar-refractivity contribution is 6.31. The smallest absolute Gasteiger partial charge is 0.324 e. The van der Waals surface area contributed by atoms with Gasteiger partial charge < -0.3 is 14.8 Å². The molecule has 5 nitrogen and oxygen atoms in total. The number of methoxy groups -OCH3 is 2. The standard InChI is InChI=1S/C20H21Cl2NO4/c1-26-18-8-7-15(21)12-16(18)19(24)23-10-9-13-3-5-14(6-4-13)11-17(22)20(25)27-2/h3-8,12,17H,9-11H2,1-2H3,(H,23,24). The van der Waals surface area contributed by atoms with Crippen molar-refractivity contribution in [2.75, 3.05) is 20.8 Å². The van der Waals surface area contributed by atoms with Crippen LogP contribution in [0.3, 0.4) is 0 Å². The average molecular weight is 410 g/mol. The first-order chi connectivity index (χ1) is 12.9. The molecule has 1 atom stereocenters. The highest BCUT2D eigenvalue weighted by Crippen LogP contribution is 2.22. The minimum Gasteiger partial charge on any atom is -0.496 e. The molecule has 144 valence electrons. The van der Waals surface area contributed by atoms with Gasteiger partial charge in [0.15, 0.2) is 0 Å². The summed E-state index contributed by atoms with van der Waals surface area (Å²) in [4.78, 5) is 23.7. The van der Waals surface area contributed by atoms with E-state index in [0.717, 1.165) is 11.1 Å². The molecule has 1 amide bonds. The van der Waals surface area contributed by atoms with Gasteiger partial charge in [0, 0.05) is 11.6 Å². The molecule has 0 radical (unpaired) electrons. The molecule has 0 fully saturated rings. The molecule has 1 N–H and O–H groups in total. The van der Waals surface area contributed by atoms with Crippen molar-refractivity contribution in [1.82, 2.24) is 5.32 Å². The van der Waals surface area contributed by atoms with Crippen LogP contribution in [0.15, 0.2) is 42.5 Å². The maximum Gasteiger partial charge on any atom is 0.324 e. The molecule has 2 aromatic rings. The third kappa shape index (κ3) is 6.15. The van der Waals surface area contributed by atoms with Crippen molar-refractivity contribution >= 4 is 35.1 Å². The first-order valence-corrected chi connectivity index (χ1v) is 9.17. The molecule has 0 aromatic heterocycles. The van der Waals surface area contributed by atoms with Gasteiger partial charge in [-0.05, 0) is 42.2 Å². The van der Waals surface area contributed by atoms with E-state index in [9.17, 15) is 9.59 Å².